The molecule has 0 spiro atoms. The lowest BCUT2D eigenvalue weighted by atomic mass is 9.89. The molecule has 0 saturated carbocycles. The fourth-order valence-electron chi connectivity index (χ4n) is 4.95. The van der Waals surface area contributed by atoms with Gasteiger partial charge in [-0.1, -0.05) is 55.4 Å². The Balaban J connectivity index is 0.00000462. The molecule has 13 heteroatoms. The first kappa shape index (κ1) is 32.1. The SMILES string of the molecule is C.COC(=O)[C@@]1(OCCCCCN=[N+]=[N-])C[C@@H]2OC(=O)N[C@H]2[C@H]([C@H](O)[C@H](O)COCc2ccc3ccccc3c2)O1. The fourth-order valence-corrected chi connectivity index (χ4v) is 4.95. The van der Waals surface area contributed by atoms with Crippen LogP contribution in [0, 0.1) is 0 Å². The Morgan fingerprint density at radius 1 is 1.22 bits per heavy atom. The Kier molecular flexibility index (Phi) is 11.7. The predicted octanol–water partition coefficient (Wildman–Crippen LogP) is 3.35. The first-order valence-corrected chi connectivity index (χ1v) is 13.2. The van der Waals surface area contributed by atoms with Crippen molar-refractivity contribution < 1.29 is 43.5 Å². The molecule has 3 N–H and O–H groups in total. The number of amides is 1. The van der Waals surface area contributed by atoms with Crippen LogP contribution in [0.15, 0.2) is 47.6 Å². The minimum absolute atomic E-state index is 0. The Bertz CT molecular complexity index is 1220. The third-order valence-electron chi connectivity index (χ3n) is 6.99. The molecule has 1 amide bonds. The van der Waals surface area contributed by atoms with E-state index in [1.807, 2.05) is 42.5 Å². The van der Waals surface area contributed by atoms with E-state index in [0.29, 0.717) is 25.8 Å². The lowest BCUT2D eigenvalue weighted by Crippen LogP contribution is -2.65. The summed E-state index contributed by atoms with van der Waals surface area (Å²) in [6, 6.07) is 12.9. The van der Waals surface area contributed by atoms with E-state index < -0.39 is 48.3 Å². The van der Waals surface area contributed by atoms with E-state index in [1.54, 1.807) is 0 Å². The van der Waals surface area contributed by atoms with E-state index in [0.717, 1.165) is 16.3 Å². The van der Waals surface area contributed by atoms with E-state index >= 15 is 0 Å². The molecular formula is C28H38N4O9. The second kappa shape index (κ2) is 15.0. The van der Waals surface area contributed by atoms with Crippen LogP contribution in [-0.2, 0) is 35.1 Å². The number of esters is 1. The van der Waals surface area contributed by atoms with Gasteiger partial charge in [-0.25, -0.2) is 9.59 Å². The molecule has 2 heterocycles. The highest BCUT2D eigenvalue weighted by atomic mass is 16.7. The van der Waals surface area contributed by atoms with E-state index in [9.17, 15) is 19.8 Å². The molecule has 2 aromatic carbocycles. The number of nitrogens with zero attached hydrogens (tertiary/aromatic N) is 3. The van der Waals surface area contributed by atoms with E-state index in [1.165, 1.54) is 7.11 Å². The van der Waals surface area contributed by atoms with Crippen LogP contribution in [0.5, 0.6) is 0 Å². The molecule has 2 aromatic rings. The second-order valence-electron chi connectivity index (χ2n) is 9.76. The summed E-state index contributed by atoms with van der Waals surface area (Å²) in [5.41, 5.74) is 9.27. The lowest BCUT2D eigenvalue weighted by Gasteiger charge is -2.44. The van der Waals surface area contributed by atoms with Gasteiger partial charge in [0.05, 0.1) is 39.4 Å². The molecule has 0 aliphatic carbocycles. The average Bonchev–Trinajstić information content (AvgIpc) is 3.34. The number of hydrogen-bond acceptors (Lipinski definition) is 10. The first-order chi connectivity index (χ1) is 19.4. The van der Waals surface area contributed by atoms with Crippen LogP contribution in [0.1, 0.15) is 38.7 Å². The van der Waals surface area contributed by atoms with Crippen molar-refractivity contribution in [1.82, 2.24) is 5.32 Å². The van der Waals surface area contributed by atoms with Gasteiger partial charge in [0.15, 0.2) is 0 Å². The number of hydrogen-bond donors (Lipinski definition) is 3. The highest BCUT2D eigenvalue weighted by molar-refractivity contribution is 5.83. The maximum absolute atomic E-state index is 12.9. The third-order valence-corrected chi connectivity index (χ3v) is 6.99. The number of aliphatic hydroxyl groups excluding tert-OH is 2. The Hall–Kier alpha value is -3.45. The van der Waals surface area contributed by atoms with Gasteiger partial charge in [-0.3, -0.25) is 0 Å². The lowest BCUT2D eigenvalue weighted by molar-refractivity contribution is -0.307. The Labute approximate surface area is 238 Å². The van der Waals surface area contributed by atoms with Crippen molar-refractivity contribution in [3.63, 3.8) is 0 Å². The summed E-state index contributed by atoms with van der Waals surface area (Å²) in [6.45, 7) is 0.387. The topological polar surface area (TPSA) is 182 Å². The summed E-state index contributed by atoms with van der Waals surface area (Å²) >= 11 is 0. The summed E-state index contributed by atoms with van der Waals surface area (Å²) in [5.74, 6) is -2.83. The molecule has 2 aliphatic heterocycles. The molecule has 0 bridgehead atoms. The van der Waals surface area contributed by atoms with Gasteiger partial charge >= 0.3 is 12.1 Å². The molecule has 224 valence electrons. The number of fused-ring (bicyclic) bond motifs is 2. The average molecular weight is 575 g/mol. The molecule has 4 rings (SSSR count). The zero-order valence-electron chi connectivity index (χ0n) is 22.2. The minimum atomic E-state index is -1.97. The number of aliphatic hydroxyl groups is 2. The van der Waals surface area contributed by atoms with Crippen LogP contribution < -0.4 is 5.32 Å². The number of ether oxygens (including phenoxy) is 5. The number of azide groups is 1. The smallest absolute Gasteiger partial charge is 0.407 e. The van der Waals surface area contributed by atoms with Crippen molar-refractivity contribution in [1.29, 1.82) is 0 Å². The summed E-state index contributed by atoms with van der Waals surface area (Å²) in [6.07, 6.45) is -4.22. The number of carbonyl (C=O) groups is 2. The number of nitrogens with one attached hydrogen (secondary N) is 1. The van der Waals surface area contributed by atoms with Crippen LogP contribution in [-0.4, -0.2) is 85.4 Å². The molecule has 2 saturated heterocycles. The van der Waals surface area contributed by atoms with Gasteiger partial charge in [-0.15, -0.1) is 0 Å². The van der Waals surface area contributed by atoms with Crippen LogP contribution in [0.3, 0.4) is 0 Å². The number of rotatable bonds is 14. The standard InChI is InChI=1S/C27H34N4O9.CH4/c1-36-25(34)27(38-12-6-2-5-11-29-31-28)14-21-22(30-26(35)39-21)24(40-27)23(33)20(32)16-37-15-17-9-10-18-7-3-4-8-19(18)13-17;/h3-4,7-10,13,20-24,32-33H,2,5-6,11-12,14-16H2,1H3,(H,30,35);1H4/t20-,21+,22-,23-,24-,27-;/m1./s1. The summed E-state index contributed by atoms with van der Waals surface area (Å²) in [5, 5.41) is 30.1. The molecule has 0 radical (unpaired) electrons. The van der Waals surface area contributed by atoms with Gasteiger partial charge in [0.1, 0.15) is 24.4 Å². The Morgan fingerprint density at radius 3 is 2.76 bits per heavy atom. The zero-order valence-corrected chi connectivity index (χ0v) is 22.2. The quantitative estimate of drug-likeness (QED) is 0.100. The van der Waals surface area contributed by atoms with Gasteiger partial charge in [0, 0.05) is 11.5 Å². The summed E-state index contributed by atoms with van der Waals surface area (Å²) in [7, 11) is 1.17. The van der Waals surface area contributed by atoms with Crippen molar-refractivity contribution in [2.24, 2.45) is 5.11 Å². The number of unbranched alkanes of at least 4 members (excludes halogenated alkanes) is 2. The van der Waals surface area contributed by atoms with Crippen LogP contribution in [0.4, 0.5) is 4.79 Å². The molecule has 13 nitrogen and oxygen atoms in total. The zero-order chi connectivity index (χ0) is 28.5. The van der Waals surface area contributed by atoms with E-state index in [4.69, 9.17) is 29.2 Å². The number of carbonyl (C=O) groups excluding carboxylic acids is 2. The monoisotopic (exact) mass is 574 g/mol. The van der Waals surface area contributed by atoms with Crippen LogP contribution in [0.25, 0.3) is 21.2 Å². The molecule has 0 aromatic heterocycles. The number of methoxy groups -OCH3 is 1. The van der Waals surface area contributed by atoms with Gasteiger partial charge in [0.25, 0.3) is 5.79 Å². The van der Waals surface area contributed by atoms with Crippen LogP contribution in [0.2, 0.25) is 0 Å². The number of alkyl carbamates (subject to hydrolysis) is 1. The van der Waals surface area contributed by atoms with Gasteiger partial charge in [-0.2, -0.15) is 0 Å². The van der Waals surface area contributed by atoms with Gasteiger partial charge in [-0.05, 0) is 40.8 Å². The fraction of sp³-hybridized carbons (Fsp3) is 0.571. The molecule has 0 unspecified atom stereocenters. The number of benzene rings is 2. The summed E-state index contributed by atoms with van der Waals surface area (Å²) < 4.78 is 27.8. The molecular weight excluding hydrogens is 536 g/mol. The maximum atomic E-state index is 12.9. The van der Waals surface area contributed by atoms with Crippen molar-refractivity contribution in [3.8, 4) is 0 Å². The molecule has 2 aliphatic rings. The van der Waals surface area contributed by atoms with Crippen LogP contribution >= 0.6 is 0 Å². The van der Waals surface area contributed by atoms with Crippen molar-refractivity contribution >= 4 is 22.8 Å². The highest BCUT2D eigenvalue weighted by Crippen LogP contribution is 2.37. The predicted molar refractivity (Wildman–Crippen MR) is 148 cm³/mol. The van der Waals surface area contributed by atoms with E-state index in [-0.39, 0.29) is 33.7 Å². The molecule has 41 heavy (non-hydrogen) atoms. The Morgan fingerprint density at radius 2 is 2.00 bits per heavy atom. The highest BCUT2D eigenvalue weighted by Gasteiger charge is 2.59. The van der Waals surface area contributed by atoms with Gasteiger partial charge < -0.3 is 39.2 Å². The van der Waals surface area contributed by atoms with Crippen molar-refractivity contribution in [2.75, 3.05) is 26.9 Å². The molecule has 6 atom stereocenters. The van der Waals surface area contributed by atoms with Crippen molar-refractivity contribution in [3.05, 3.63) is 58.5 Å². The first-order valence-electron chi connectivity index (χ1n) is 13.2. The van der Waals surface area contributed by atoms with Gasteiger partial charge in [0.2, 0.25) is 0 Å². The largest absolute Gasteiger partial charge is 0.465 e. The third kappa shape index (κ3) is 7.85. The second-order valence-corrected chi connectivity index (χ2v) is 9.76. The maximum Gasteiger partial charge on any atom is 0.407 e. The normalized spacial score (nSPS) is 24.7. The minimum Gasteiger partial charge on any atom is -0.465 e. The van der Waals surface area contributed by atoms with Crippen molar-refractivity contribution in [2.45, 2.75) is 76.0 Å². The van der Waals surface area contributed by atoms with E-state index in [2.05, 4.69) is 15.3 Å². The summed E-state index contributed by atoms with van der Waals surface area (Å²) in [4.78, 5) is 27.6. The molecule has 2 fully saturated rings.